The molecule has 0 saturated carbocycles. The molecule has 1 aromatic heterocycles. The first kappa shape index (κ1) is 18.2. The molecule has 0 radical (unpaired) electrons. The molecule has 0 aliphatic rings. The van der Waals surface area contributed by atoms with Gasteiger partial charge in [-0.2, -0.15) is 9.36 Å². The second-order valence-electron chi connectivity index (χ2n) is 5.75. The van der Waals surface area contributed by atoms with Gasteiger partial charge in [-0.05, 0) is 35.9 Å². The van der Waals surface area contributed by atoms with Crippen LogP contribution in [0.15, 0.2) is 29.1 Å². The number of unbranched alkanes of at least 4 members (excludes halogenated alkanes) is 2. The minimum atomic E-state index is -0.503. The zero-order chi connectivity index (χ0) is 17.5. The zero-order valence-corrected chi connectivity index (χ0v) is 14.7. The Balaban J connectivity index is 2.00. The Morgan fingerprint density at radius 3 is 2.75 bits per heavy atom. The lowest BCUT2D eigenvalue weighted by atomic mass is 10.1. The van der Waals surface area contributed by atoms with Crippen LogP contribution in [-0.2, 0) is 11.3 Å². The first-order valence-corrected chi connectivity index (χ1v) is 8.47. The number of tetrazole rings is 1. The molecular formula is C16H22ClN5O2. The molecule has 0 saturated heterocycles. The number of aromatic nitrogens is 4. The smallest absolute Gasteiger partial charge is 0.352 e. The molecule has 1 unspecified atom stereocenters. The Morgan fingerprint density at radius 2 is 2.04 bits per heavy atom. The van der Waals surface area contributed by atoms with E-state index in [9.17, 15) is 9.59 Å². The molecule has 1 atom stereocenters. The molecule has 0 bridgehead atoms. The maximum absolute atomic E-state index is 12.3. The number of hydrogen-bond acceptors (Lipinski definition) is 4. The first-order valence-electron chi connectivity index (χ1n) is 8.10. The SMILES string of the molecule is CCCCCC(C)NC(=O)Cn1nnn(-c2ccccc2Cl)c1=O. The largest absolute Gasteiger partial charge is 0.369 e. The molecule has 1 heterocycles. The fourth-order valence-corrected chi connectivity index (χ4v) is 2.59. The van der Waals surface area contributed by atoms with Crippen molar-refractivity contribution in [2.24, 2.45) is 0 Å². The van der Waals surface area contributed by atoms with Gasteiger partial charge in [0.1, 0.15) is 6.54 Å². The summed E-state index contributed by atoms with van der Waals surface area (Å²) >= 11 is 6.06. The van der Waals surface area contributed by atoms with Gasteiger partial charge in [0, 0.05) is 6.04 Å². The Hall–Kier alpha value is -2.15. The van der Waals surface area contributed by atoms with Crippen LogP contribution in [0.3, 0.4) is 0 Å². The Bertz CT molecular complexity index is 740. The third kappa shape index (κ3) is 4.67. The molecule has 0 aliphatic heterocycles. The number of para-hydroxylation sites is 1. The molecule has 1 amide bonds. The van der Waals surface area contributed by atoms with Crippen LogP contribution in [0.25, 0.3) is 5.69 Å². The molecular weight excluding hydrogens is 330 g/mol. The number of amides is 1. The average Bonchev–Trinajstić information content (AvgIpc) is 2.89. The van der Waals surface area contributed by atoms with E-state index in [0.29, 0.717) is 10.7 Å². The van der Waals surface area contributed by atoms with Crippen LogP contribution in [0.1, 0.15) is 39.5 Å². The summed E-state index contributed by atoms with van der Waals surface area (Å²) in [7, 11) is 0. The Morgan fingerprint density at radius 1 is 1.29 bits per heavy atom. The lowest BCUT2D eigenvalue weighted by Crippen LogP contribution is -2.38. The van der Waals surface area contributed by atoms with Crippen LogP contribution in [-0.4, -0.2) is 31.7 Å². The molecule has 130 valence electrons. The highest BCUT2D eigenvalue weighted by Crippen LogP contribution is 2.16. The van der Waals surface area contributed by atoms with Crippen molar-refractivity contribution in [3.8, 4) is 5.69 Å². The van der Waals surface area contributed by atoms with Crippen LogP contribution in [0, 0.1) is 0 Å². The third-order valence-corrected chi connectivity index (χ3v) is 3.98. The molecule has 8 heteroatoms. The molecule has 1 aromatic carbocycles. The summed E-state index contributed by atoms with van der Waals surface area (Å²) in [6, 6.07) is 6.90. The van der Waals surface area contributed by atoms with Crippen molar-refractivity contribution >= 4 is 17.5 Å². The fraction of sp³-hybridized carbons (Fsp3) is 0.500. The topological polar surface area (TPSA) is 81.8 Å². The highest BCUT2D eigenvalue weighted by atomic mass is 35.5. The minimum absolute atomic E-state index is 0.0679. The molecule has 1 N–H and O–H groups in total. The number of benzene rings is 1. The van der Waals surface area contributed by atoms with Crippen molar-refractivity contribution in [3.05, 3.63) is 39.8 Å². The second kappa shape index (κ2) is 8.63. The highest BCUT2D eigenvalue weighted by molar-refractivity contribution is 6.32. The van der Waals surface area contributed by atoms with Gasteiger partial charge in [-0.1, -0.05) is 49.9 Å². The Kier molecular flexibility index (Phi) is 6.54. The van der Waals surface area contributed by atoms with Crippen LogP contribution in [0.5, 0.6) is 0 Å². The van der Waals surface area contributed by atoms with Gasteiger partial charge in [0.2, 0.25) is 5.91 Å². The van der Waals surface area contributed by atoms with Gasteiger partial charge < -0.3 is 5.32 Å². The zero-order valence-electron chi connectivity index (χ0n) is 13.9. The van der Waals surface area contributed by atoms with E-state index in [1.54, 1.807) is 24.3 Å². The van der Waals surface area contributed by atoms with Crippen molar-refractivity contribution in [3.63, 3.8) is 0 Å². The van der Waals surface area contributed by atoms with E-state index in [1.165, 1.54) is 0 Å². The monoisotopic (exact) mass is 351 g/mol. The van der Waals surface area contributed by atoms with E-state index in [1.807, 2.05) is 6.92 Å². The van der Waals surface area contributed by atoms with E-state index in [0.717, 1.165) is 35.0 Å². The molecule has 24 heavy (non-hydrogen) atoms. The van der Waals surface area contributed by atoms with Gasteiger partial charge in [0.05, 0.1) is 10.7 Å². The van der Waals surface area contributed by atoms with E-state index < -0.39 is 5.69 Å². The minimum Gasteiger partial charge on any atom is -0.352 e. The number of halogens is 1. The van der Waals surface area contributed by atoms with Crippen molar-refractivity contribution in [2.45, 2.75) is 52.1 Å². The molecule has 2 rings (SSSR count). The number of nitrogens with one attached hydrogen (secondary N) is 1. The van der Waals surface area contributed by atoms with Crippen LogP contribution in [0.2, 0.25) is 5.02 Å². The predicted octanol–water partition coefficient (Wildman–Crippen LogP) is 2.17. The van der Waals surface area contributed by atoms with Crippen LogP contribution >= 0.6 is 11.6 Å². The van der Waals surface area contributed by atoms with E-state index in [-0.39, 0.29) is 18.5 Å². The Labute approximate surface area is 145 Å². The van der Waals surface area contributed by atoms with Crippen molar-refractivity contribution in [2.75, 3.05) is 0 Å². The quantitative estimate of drug-likeness (QED) is 0.739. The lowest BCUT2D eigenvalue weighted by Gasteiger charge is -2.13. The summed E-state index contributed by atoms with van der Waals surface area (Å²) < 4.78 is 2.11. The van der Waals surface area contributed by atoms with E-state index >= 15 is 0 Å². The van der Waals surface area contributed by atoms with Crippen molar-refractivity contribution in [1.82, 2.24) is 25.1 Å². The molecule has 2 aromatic rings. The van der Waals surface area contributed by atoms with Gasteiger partial charge >= 0.3 is 5.69 Å². The van der Waals surface area contributed by atoms with E-state index in [4.69, 9.17) is 11.6 Å². The van der Waals surface area contributed by atoms with Gasteiger partial charge in [-0.25, -0.2) is 4.79 Å². The summed E-state index contributed by atoms with van der Waals surface area (Å²) in [4.78, 5) is 24.4. The number of nitrogens with zero attached hydrogens (tertiary/aromatic N) is 4. The molecule has 0 aliphatic carbocycles. The summed E-state index contributed by atoms with van der Waals surface area (Å²) in [6.45, 7) is 3.93. The number of carbonyl (C=O) groups excluding carboxylic acids is 1. The lowest BCUT2D eigenvalue weighted by molar-refractivity contribution is -0.122. The fourth-order valence-electron chi connectivity index (χ4n) is 2.38. The number of hydrogen-bond donors (Lipinski definition) is 1. The maximum Gasteiger partial charge on any atom is 0.369 e. The summed E-state index contributed by atoms with van der Waals surface area (Å²) in [5.74, 6) is -0.257. The van der Waals surface area contributed by atoms with Gasteiger partial charge in [0.15, 0.2) is 0 Å². The molecule has 7 nitrogen and oxygen atoms in total. The standard InChI is InChI=1S/C16H22ClN5O2/c1-3-4-5-8-12(2)18-15(23)11-21-16(24)22(20-19-21)14-10-7-6-9-13(14)17/h6-7,9-10,12H,3-5,8,11H2,1-2H3,(H,18,23). The molecule has 0 fully saturated rings. The second-order valence-corrected chi connectivity index (χ2v) is 6.15. The van der Waals surface area contributed by atoms with Crippen molar-refractivity contribution in [1.29, 1.82) is 0 Å². The summed E-state index contributed by atoms with van der Waals surface area (Å²) in [5.41, 5.74) is -0.0688. The molecule has 0 spiro atoms. The maximum atomic E-state index is 12.3. The normalized spacial score (nSPS) is 12.1. The van der Waals surface area contributed by atoms with Crippen LogP contribution < -0.4 is 11.0 Å². The number of rotatable bonds is 8. The summed E-state index contributed by atoms with van der Waals surface area (Å²) in [6.07, 6.45) is 4.27. The van der Waals surface area contributed by atoms with E-state index in [2.05, 4.69) is 22.7 Å². The predicted molar refractivity (Wildman–Crippen MR) is 92.4 cm³/mol. The van der Waals surface area contributed by atoms with Gasteiger partial charge in [0.25, 0.3) is 0 Å². The summed E-state index contributed by atoms with van der Waals surface area (Å²) in [5, 5.41) is 10.8. The van der Waals surface area contributed by atoms with Crippen molar-refractivity contribution < 1.29 is 4.79 Å². The van der Waals surface area contributed by atoms with Gasteiger partial charge in [-0.15, -0.1) is 0 Å². The van der Waals surface area contributed by atoms with Gasteiger partial charge in [-0.3, -0.25) is 4.79 Å². The van der Waals surface area contributed by atoms with Crippen LogP contribution in [0.4, 0.5) is 0 Å². The third-order valence-electron chi connectivity index (χ3n) is 3.66. The average molecular weight is 352 g/mol. The highest BCUT2D eigenvalue weighted by Gasteiger charge is 2.15. The first-order chi connectivity index (χ1) is 11.5. The number of carbonyl (C=O) groups is 1.